The van der Waals surface area contributed by atoms with E-state index in [9.17, 15) is 0 Å². The Kier molecular flexibility index (Phi) is 4.87. The highest BCUT2D eigenvalue weighted by Gasteiger charge is 2.34. The van der Waals surface area contributed by atoms with E-state index in [1.165, 1.54) is 44.9 Å². The minimum absolute atomic E-state index is 0.738. The van der Waals surface area contributed by atoms with E-state index in [1.54, 1.807) is 0 Å². The Labute approximate surface area is 107 Å². The Morgan fingerprint density at radius 3 is 2.47 bits per heavy atom. The van der Waals surface area contributed by atoms with E-state index in [2.05, 4.69) is 31.1 Å². The quantitative estimate of drug-likeness (QED) is 0.810. The van der Waals surface area contributed by atoms with Crippen LogP contribution in [0.15, 0.2) is 0 Å². The number of hydrogen-bond acceptors (Lipinski definition) is 2. The summed E-state index contributed by atoms with van der Waals surface area (Å²) in [5.74, 6) is 0.916. The molecule has 0 heterocycles. The summed E-state index contributed by atoms with van der Waals surface area (Å²) >= 11 is 0. The molecule has 2 rings (SSSR count). The molecule has 2 aliphatic carbocycles. The highest BCUT2D eigenvalue weighted by Crippen LogP contribution is 2.32. The standard InChI is InChI=1S/C15H30N2/c1-4-16-14-10-9-12(2)11-15(14)17(3)13-7-5-6-8-13/h12-16H,4-11H2,1-3H3. The molecule has 2 fully saturated rings. The third-order valence-electron chi connectivity index (χ3n) is 4.97. The Hall–Kier alpha value is -0.0800. The Morgan fingerprint density at radius 2 is 1.82 bits per heavy atom. The van der Waals surface area contributed by atoms with Crippen LogP contribution in [0.1, 0.15) is 58.8 Å². The summed E-state index contributed by atoms with van der Waals surface area (Å²) in [5.41, 5.74) is 0. The molecular formula is C15H30N2. The first-order chi connectivity index (χ1) is 8.22. The zero-order valence-corrected chi connectivity index (χ0v) is 11.9. The van der Waals surface area contributed by atoms with Crippen LogP contribution in [0, 0.1) is 5.92 Å². The van der Waals surface area contributed by atoms with E-state index in [0.717, 1.165) is 30.6 Å². The number of likely N-dealkylation sites (N-methyl/N-ethyl adjacent to an activating group) is 2. The SMILES string of the molecule is CCNC1CCC(C)CC1N(C)C1CCCC1. The molecule has 3 atom stereocenters. The van der Waals surface area contributed by atoms with Crippen molar-refractivity contribution in [3.8, 4) is 0 Å². The monoisotopic (exact) mass is 238 g/mol. The average molecular weight is 238 g/mol. The van der Waals surface area contributed by atoms with Crippen molar-refractivity contribution in [2.24, 2.45) is 5.92 Å². The summed E-state index contributed by atoms with van der Waals surface area (Å²) in [6.07, 6.45) is 9.93. The normalized spacial score (nSPS) is 35.6. The summed E-state index contributed by atoms with van der Waals surface area (Å²) in [6.45, 7) is 5.79. The van der Waals surface area contributed by atoms with Crippen molar-refractivity contribution in [1.29, 1.82) is 0 Å². The highest BCUT2D eigenvalue weighted by atomic mass is 15.2. The van der Waals surface area contributed by atoms with Crippen LogP contribution in [-0.2, 0) is 0 Å². The molecule has 0 saturated heterocycles. The maximum atomic E-state index is 3.72. The van der Waals surface area contributed by atoms with Crippen molar-refractivity contribution in [1.82, 2.24) is 10.2 Å². The van der Waals surface area contributed by atoms with Gasteiger partial charge in [0.15, 0.2) is 0 Å². The van der Waals surface area contributed by atoms with Gasteiger partial charge in [0.2, 0.25) is 0 Å². The van der Waals surface area contributed by atoms with Gasteiger partial charge in [0.1, 0.15) is 0 Å². The second-order valence-electron chi connectivity index (χ2n) is 6.25. The molecule has 2 aliphatic rings. The van der Waals surface area contributed by atoms with Crippen molar-refractivity contribution in [3.63, 3.8) is 0 Å². The molecule has 0 radical (unpaired) electrons. The first-order valence-electron chi connectivity index (χ1n) is 7.67. The molecule has 17 heavy (non-hydrogen) atoms. The van der Waals surface area contributed by atoms with Gasteiger partial charge in [0, 0.05) is 18.1 Å². The van der Waals surface area contributed by atoms with Crippen molar-refractivity contribution in [2.45, 2.75) is 76.9 Å². The summed E-state index contributed by atoms with van der Waals surface area (Å²) in [7, 11) is 2.38. The van der Waals surface area contributed by atoms with E-state index < -0.39 is 0 Å². The first-order valence-corrected chi connectivity index (χ1v) is 7.67. The van der Waals surface area contributed by atoms with Gasteiger partial charge < -0.3 is 5.32 Å². The summed E-state index contributed by atoms with van der Waals surface area (Å²) in [5, 5.41) is 3.72. The molecule has 0 spiro atoms. The van der Waals surface area contributed by atoms with E-state index >= 15 is 0 Å². The van der Waals surface area contributed by atoms with Gasteiger partial charge in [0.05, 0.1) is 0 Å². The zero-order chi connectivity index (χ0) is 12.3. The van der Waals surface area contributed by atoms with Crippen molar-refractivity contribution in [3.05, 3.63) is 0 Å². The second kappa shape index (κ2) is 6.19. The summed E-state index contributed by atoms with van der Waals surface area (Å²) in [4.78, 5) is 2.72. The maximum absolute atomic E-state index is 3.72. The third kappa shape index (κ3) is 3.23. The van der Waals surface area contributed by atoms with Crippen LogP contribution in [0.3, 0.4) is 0 Å². The molecule has 2 nitrogen and oxygen atoms in total. The predicted octanol–water partition coefficient (Wildman–Crippen LogP) is 3.03. The van der Waals surface area contributed by atoms with Gasteiger partial charge in [0.25, 0.3) is 0 Å². The first kappa shape index (κ1) is 13.4. The van der Waals surface area contributed by atoms with Gasteiger partial charge in [-0.05, 0) is 51.6 Å². The van der Waals surface area contributed by atoms with Crippen molar-refractivity contribution >= 4 is 0 Å². The largest absolute Gasteiger partial charge is 0.313 e. The van der Waals surface area contributed by atoms with Gasteiger partial charge in [-0.2, -0.15) is 0 Å². The van der Waals surface area contributed by atoms with Crippen LogP contribution in [0.4, 0.5) is 0 Å². The Bertz CT molecular complexity index is 223. The molecular weight excluding hydrogens is 208 g/mol. The van der Waals surface area contributed by atoms with Crippen LogP contribution < -0.4 is 5.32 Å². The Morgan fingerprint density at radius 1 is 1.12 bits per heavy atom. The summed E-state index contributed by atoms with van der Waals surface area (Å²) in [6, 6.07) is 2.38. The fraction of sp³-hybridized carbons (Fsp3) is 1.00. The highest BCUT2D eigenvalue weighted by molar-refractivity contribution is 4.92. The topological polar surface area (TPSA) is 15.3 Å². The smallest absolute Gasteiger partial charge is 0.0251 e. The molecule has 0 aromatic carbocycles. The molecule has 2 heteroatoms. The van der Waals surface area contributed by atoms with Gasteiger partial charge in [-0.1, -0.05) is 26.7 Å². The second-order valence-corrected chi connectivity index (χ2v) is 6.25. The van der Waals surface area contributed by atoms with Crippen molar-refractivity contribution < 1.29 is 0 Å². The lowest BCUT2D eigenvalue weighted by molar-refractivity contribution is 0.0898. The lowest BCUT2D eigenvalue weighted by Gasteiger charge is -2.43. The molecule has 0 bridgehead atoms. The molecule has 2 saturated carbocycles. The van der Waals surface area contributed by atoms with Gasteiger partial charge in [-0.25, -0.2) is 0 Å². The maximum Gasteiger partial charge on any atom is 0.0251 e. The molecule has 0 amide bonds. The number of nitrogens with one attached hydrogen (secondary N) is 1. The molecule has 100 valence electrons. The molecule has 0 aromatic heterocycles. The van der Waals surface area contributed by atoms with Crippen LogP contribution in [0.25, 0.3) is 0 Å². The van der Waals surface area contributed by atoms with Crippen LogP contribution in [0.5, 0.6) is 0 Å². The summed E-state index contributed by atoms with van der Waals surface area (Å²) < 4.78 is 0. The number of nitrogens with zero attached hydrogens (tertiary/aromatic N) is 1. The van der Waals surface area contributed by atoms with Crippen LogP contribution in [-0.4, -0.2) is 36.6 Å². The van der Waals surface area contributed by atoms with E-state index in [4.69, 9.17) is 0 Å². The Balaban J connectivity index is 1.97. The molecule has 3 unspecified atom stereocenters. The van der Waals surface area contributed by atoms with Crippen LogP contribution >= 0.6 is 0 Å². The number of hydrogen-bond donors (Lipinski definition) is 1. The van der Waals surface area contributed by atoms with Gasteiger partial charge in [-0.15, -0.1) is 0 Å². The van der Waals surface area contributed by atoms with E-state index in [0.29, 0.717) is 0 Å². The lowest BCUT2D eigenvalue weighted by atomic mass is 9.82. The molecule has 0 aliphatic heterocycles. The third-order valence-corrected chi connectivity index (χ3v) is 4.97. The predicted molar refractivity (Wildman–Crippen MR) is 74.3 cm³/mol. The molecule has 1 N–H and O–H groups in total. The fourth-order valence-corrected chi connectivity index (χ4v) is 3.88. The van der Waals surface area contributed by atoms with E-state index in [-0.39, 0.29) is 0 Å². The number of rotatable bonds is 4. The van der Waals surface area contributed by atoms with Gasteiger partial charge in [-0.3, -0.25) is 4.90 Å². The fourth-order valence-electron chi connectivity index (χ4n) is 3.88. The van der Waals surface area contributed by atoms with Gasteiger partial charge >= 0.3 is 0 Å². The average Bonchev–Trinajstić information content (AvgIpc) is 2.84. The van der Waals surface area contributed by atoms with Crippen molar-refractivity contribution in [2.75, 3.05) is 13.6 Å². The van der Waals surface area contributed by atoms with E-state index in [1.807, 2.05) is 0 Å². The lowest BCUT2D eigenvalue weighted by Crippen LogP contribution is -2.54. The minimum Gasteiger partial charge on any atom is -0.313 e. The van der Waals surface area contributed by atoms with Crippen LogP contribution in [0.2, 0.25) is 0 Å². The minimum atomic E-state index is 0.738. The molecule has 0 aromatic rings. The zero-order valence-electron chi connectivity index (χ0n) is 11.9.